The van der Waals surface area contributed by atoms with Gasteiger partial charge < -0.3 is 9.64 Å². The highest BCUT2D eigenvalue weighted by molar-refractivity contribution is 5.97. The highest BCUT2D eigenvalue weighted by Gasteiger charge is 2.31. The standard InChI is InChI=1S/C28H31N5O3/c1-19-17-22-13-8-9-14-24(22)33(19)28-29-18-23(26(35)31-32-16-10-4-7-15-25(32)34)27(30-28)36-20(2)21-11-5-3-6-12-21/h3,5-6,8-9,11-14,18-20H,4,7,10,15-17H2,1-2H3,(H,31,35)/t19-,20?/m1/s1. The van der Waals surface area contributed by atoms with Crippen molar-refractivity contribution in [1.29, 1.82) is 0 Å². The van der Waals surface area contributed by atoms with Crippen LogP contribution in [-0.4, -0.2) is 39.4 Å². The number of carbonyl (C=O) groups excluding carboxylic acids is 2. The van der Waals surface area contributed by atoms with Gasteiger partial charge in [-0.15, -0.1) is 0 Å². The van der Waals surface area contributed by atoms with Crippen LogP contribution in [0.3, 0.4) is 0 Å². The monoisotopic (exact) mass is 485 g/mol. The van der Waals surface area contributed by atoms with E-state index in [1.165, 1.54) is 16.8 Å². The lowest BCUT2D eigenvalue weighted by Crippen LogP contribution is -2.46. The van der Waals surface area contributed by atoms with Crippen molar-refractivity contribution in [3.8, 4) is 5.88 Å². The Labute approximate surface area is 211 Å². The normalized spacial score (nSPS) is 18.4. The zero-order valence-electron chi connectivity index (χ0n) is 20.7. The fraction of sp³-hybridized carbons (Fsp3) is 0.357. The smallest absolute Gasteiger partial charge is 0.276 e. The lowest BCUT2D eigenvalue weighted by Gasteiger charge is -2.25. The summed E-state index contributed by atoms with van der Waals surface area (Å²) in [6.45, 7) is 4.54. The van der Waals surface area contributed by atoms with E-state index < -0.39 is 5.91 Å². The molecular formula is C28H31N5O3. The zero-order valence-corrected chi connectivity index (χ0v) is 20.7. The van der Waals surface area contributed by atoms with Crippen molar-refractivity contribution in [2.24, 2.45) is 0 Å². The van der Waals surface area contributed by atoms with Crippen LogP contribution in [0.1, 0.15) is 67.1 Å². The van der Waals surface area contributed by atoms with Gasteiger partial charge >= 0.3 is 0 Å². The Morgan fingerprint density at radius 2 is 1.86 bits per heavy atom. The van der Waals surface area contributed by atoms with E-state index >= 15 is 0 Å². The molecule has 8 heteroatoms. The molecule has 2 amide bonds. The molecule has 0 bridgehead atoms. The summed E-state index contributed by atoms with van der Waals surface area (Å²) in [5, 5.41) is 1.41. The maximum absolute atomic E-state index is 13.3. The van der Waals surface area contributed by atoms with Crippen molar-refractivity contribution in [1.82, 2.24) is 20.4 Å². The maximum Gasteiger partial charge on any atom is 0.276 e. The van der Waals surface area contributed by atoms with Crippen molar-refractivity contribution in [3.63, 3.8) is 0 Å². The predicted molar refractivity (Wildman–Crippen MR) is 137 cm³/mol. The molecule has 0 saturated carbocycles. The van der Waals surface area contributed by atoms with Gasteiger partial charge in [0.1, 0.15) is 11.7 Å². The third kappa shape index (κ3) is 4.89. The van der Waals surface area contributed by atoms with Gasteiger partial charge in [-0.2, -0.15) is 4.98 Å². The van der Waals surface area contributed by atoms with Crippen molar-refractivity contribution in [2.75, 3.05) is 11.4 Å². The number of hydrogen-bond acceptors (Lipinski definition) is 6. The lowest BCUT2D eigenvalue weighted by atomic mass is 10.1. The molecule has 2 aromatic carbocycles. The summed E-state index contributed by atoms with van der Waals surface area (Å²) in [6.07, 6.45) is 5.12. The first-order valence-corrected chi connectivity index (χ1v) is 12.6. The summed E-state index contributed by atoms with van der Waals surface area (Å²) in [4.78, 5) is 37.2. The first-order chi connectivity index (χ1) is 17.5. The van der Waals surface area contributed by atoms with Gasteiger partial charge in [0.05, 0.1) is 0 Å². The average Bonchev–Trinajstić information content (AvgIpc) is 3.10. The third-order valence-corrected chi connectivity index (χ3v) is 6.78. The van der Waals surface area contributed by atoms with Gasteiger partial charge in [-0.25, -0.2) is 4.98 Å². The highest BCUT2D eigenvalue weighted by Crippen LogP contribution is 2.37. The van der Waals surface area contributed by atoms with Gasteiger partial charge in [-0.1, -0.05) is 55.0 Å². The second-order valence-electron chi connectivity index (χ2n) is 9.41. The number of nitrogens with one attached hydrogen (secondary N) is 1. The molecule has 1 aromatic heterocycles. The molecule has 1 N–H and O–H groups in total. The fourth-order valence-electron chi connectivity index (χ4n) is 4.83. The van der Waals surface area contributed by atoms with E-state index in [0.29, 0.717) is 18.9 Å². The Morgan fingerprint density at radius 1 is 1.08 bits per heavy atom. The van der Waals surface area contributed by atoms with Crippen LogP contribution < -0.4 is 15.1 Å². The topological polar surface area (TPSA) is 87.7 Å². The molecule has 3 heterocycles. The van der Waals surface area contributed by atoms with Crippen molar-refractivity contribution < 1.29 is 14.3 Å². The molecule has 1 unspecified atom stereocenters. The second kappa shape index (κ2) is 10.4. The van der Waals surface area contributed by atoms with Crippen LogP contribution in [0.25, 0.3) is 0 Å². The molecule has 0 aliphatic carbocycles. The largest absolute Gasteiger partial charge is 0.469 e. The van der Waals surface area contributed by atoms with Gasteiger partial charge in [-0.05, 0) is 50.3 Å². The van der Waals surface area contributed by atoms with Crippen molar-refractivity contribution in [3.05, 3.63) is 77.5 Å². The zero-order chi connectivity index (χ0) is 25.1. The minimum atomic E-state index is -0.457. The summed E-state index contributed by atoms with van der Waals surface area (Å²) >= 11 is 0. The van der Waals surface area contributed by atoms with E-state index in [0.717, 1.165) is 36.9 Å². The molecule has 8 nitrogen and oxygen atoms in total. The first-order valence-electron chi connectivity index (χ1n) is 12.6. The van der Waals surface area contributed by atoms with Crippen LogP contribution in [0.5, 0.6) is 5.88 Å². The first kappa shape index (κ1) is 23.8. The average molecular weight is 486 g/mol. The summed E-state index contributed by atoms with van der Waals surface area (Å²) < 4.78 is 6.27. The second-order valence-corrected chi connectivity index (χ2v) is 9.41. The minimum Gasteiger partial charge on any atom is -0.469 e. The number of para-hydroxylation sites is 1. The van der Waals surface area contributed by atoms with Crippen LogP contribution in [0, 0.1) is 0 Å². The van der Waals surface area contributed by atoms with E-state index in [-0.39, 0.29) is 29.5 Å². The molecule has 5 rings (SSSR count). The van der Waals surface area contributed by atoms with Crippen LogP contribution in [0.4, 0.5) is 11.6 Å². The molecule has 2 atom stereocenters. The van der Waals surface area contributed by atoms with Gasteiger partial charge in [0, 0.05) is 30.9 Å². The summed E-state index contributed by atoms with van der Waals surface area (Å²) in [5.74, 6) is 0.126. The lowest BCUT2D eigenvalue weighted by molar-refractivity contribution is -0.133. The third-order valence-electron chi connectivity index (χ3n) is 6.78. The van der Waals surface area contributed by atoms with Crippen molar-refractivity contribution >= 4 is 23.5 Å². The number of hydrazine groups is 1. The quantitative estimate of drug-likeness (QED) is 0.542. The SMILES string of the molecule is CC(Oc1nc(N2c3ccccc3C[C@H]2C)ncc1C(=O)NN1CCCCCC1=O)c1ccccc1. The number of ether oxygens (including phenoxy) is 1. The summed E-state index contributed by atoms with van der Waals surface area (Å²) in [7, 11) is 0. The van der Waals surface area contributed by atoms with Crippen molar-refractivity contribution in [2.45, 2.75) is 58.1 Å². The molecule has 2 aliphatic heterocycles. The Morgan fingerprint density at radius 3 is 2.69 bits per heavy atom. The molecule has 0 spiro atoms. The Bertz CT molecular complexity index is 1250. The van der Waals surface area contributed by atoms with Gasteiger partial charge in [0.25, 0.3) is 5.91 Å². The Balaban J connectivity index is 1.48. The van der Waals surface area contributed by atoms with E-state index in [2.05, 4.69) is 34.4 Å². The number of nitrogens with zero attached hydrogens (tertiary/aromatic N) is 4. The molecule has 3 aromatic rings. The van der Waals surface area contributed by atoms with Gasteiger partial charge in [0.2, 0.25) is 17.7 Å². The molecule has 1 saturated heterocycles. The van der Waals surface area contributed by atoms with Crippen LogP contribution >= 0.6 is 0 Å². The number of anilines is 2. The summed E-state index contributed by atoms with van der Waals surface area (Å²) in [5.41, 5.74) is 6.21. The fourth-order valence-corrected chi connectivity index (χ4v) is 4.83. The van der Waals surface area contributed by atoms with Crippen LogP contribution in [0.2, 0.25) is 0 Å². The van der Waals surface area contributed by atoms with Crippen LogP contribution in [-0.2, 0) is 11.2 Å². The Kier molecular flexibility index (Phi) is 6.84. The molecular weight excluding hydrogens is 454 g/mol. The number of hydrogen-bond donors (Lipinski definition) is 1. The van der Waals surface area contributed by atoms with Gasteiger partial charge in [0.15, 0.2) is 0 Å². The van der Waals surface area contributed by atoms with E-state index in [9.17, 15) is 9.59 Å². The van der Waals surface area contributed by atoms with E-state index in [1.807, 2.05) is 49.4 Å². The molecule has 2 aliphatic rings. The maximum atomic E-state index is 13.3. The van der Waals surface area contributed by atoms with Crippen LogP contribution in [0.15, 0.2) is 60.8 Å². The summed E-state index contributed by atoms with van der Waals surface area (Å²) in [6, 6.07) is 18.1. The Hall–Kier alpha value is -3.94. The number of carbonyl (C=O) groups is 2. The number of amides is 2. The number of aromatic nitrogens is 2. The molecule has 0 radical (unpaired) electrons. The minimum absolute atomic E-state index is 0.0824. The highest BCUT2D eigenvalue weighted by atomic mass is 16.5. The number of rotatable bonds is 6. The molecule has 1 fully saturated rings. The number of benzene rings is 2. The predicted octanol–water partition coefficient (Wildman–Crippen LogP) is 4.75. The van der Waals surface area contributed by atoms with Gasteiger partial charge in [-0.3, -0.25) is 20.0 Å². The van der Waals surface area contributed by atoms with E-state index in [4.69, 9.17) is 9.72 Å². The molecule has 186 valence electrons. The number of fused-ring (bicyclic) bond motifs is 1. The molecule has 36 heavy (non-hydrogen) atoms. The van der Waals surface area contributed by atoms with E-state index in [1.54, 1.807) is 0 Å².